The van der Waals surface area contributed by atoms with Crippen LogP contribution >= 0.6 is 0 Å². The largest absolute Gasteiger partial charge is 0.310 e. The molecule has 1 atom stereocenters. The number of nitrogens with zero attached hydrogens (tertiary/aromatic N) is 3. The molecule has 10 rings (SSSR count). The van der Waals surface area contributed by atoms with Crippen molar-refractivity contribution in [3.8, 4) is 28.1 Å². The fourth-order valence-electron chi connectivity index (χ4n) is 7.87. The zero-order valence-electron chi connectivity index (χ0n) is 27.7. The average molecular weight is 658 g/mol. The molecule has 3 nitrogen and oxygen atoms in total. The van der Waals surface area contributed by atoms with Gasteiger partial charge in [-0.1, -0.05) is 91.0 Å². The number of fused-ring (bicyclic) bond motifs is 6. The molecule has 4 heteroatoms. The van der Waals surface area contributed by atoms with Crippen molar-refractivity contribution in [1.29, 1.82) is 0 Å². The van der Waals surface area contributed by atoms with Gasteiger partial charge in [-0.25, -0.2) is 4.39 Å². The molecule has 0 saturated heterocycles. The molecule has 0 fully saturated rings. The number of allylic oxidation sites excluding steroid dienone is 4. The Kier molecular flexibility index (Phi) is 6.81. The van der Waals surface area contributed by atoms with E-state index < -0.39 is 0 Å². The molecule has 0 aliphatic heterocycles. The van der Waals surface area contributed by atoms with Crippen LogP contribution in [0.1, 0.15) is 18.0 Å². The summed E-state index contributed by atoms with van der Waals surface area (Å²) in [6.07, 6.45) is 7.68. The molecule has 6 aromatic carbocycles. The standard InChI is InChI=1S/C47H32FN3/c48-35-23-17-31(18-24-35)42-13-8-14-43(49-42)32-19-25-37(26-20-32)51-44-15-6-4-11-38(44)40-27-21-34(30-47(40)51)33-22-28-46-41(29-33)39-12-5-7-16-45(39)50(46)36-9-2-1-3-10-36/h1-19,21-30,32H,20H2. The Morgan fingerprint density at radius 2 is 1.16 bits per heavy atom. The highest BCUT2D eigenvalue weighted by atomic mass is 19.1. The molecule has 0 bridgehead atoms. The van der Waals surface area contributed by atoms with Crippen molar-refractivity contribution in [2.75, 3.05) is 0 Å². The fraction of sp³-hybridized carbons (Fsp3) is 0.0426. The molecular formula is C47H32FN3. The highest BCUT2D eigenvalue weighted by Gasteiger charge is 2.19. The van der Waals surface area contributed by atoms with Crippen LogP contribution in [0.4, 0.5) is 4.39 Å². The second-order valence-corrected chi connectivity index (χ2v) is 13.3. The Hall–Kier alpha value is -6.52. The summed E-state index contributed by atoms with van der Waals surface area (Å²) in [7, 11) is 0. The smallest absolute Gasteiger partial charge is 0.123 e. The zero-order valence-corrected chi connectivity index (χ0v) is 27.7. The highest BCUT2D eigenvalue weighted by molar-refractivity contribution is 6.13. The Morgan fingerprint density at radius 1 is 0.510 bits per heavy atom. The first-order chi connectivity index (χ1) is 25.2. The minimum Gasteiger partial charge on any atom is -0.310 e. The SMILES string of the molecule is Fc1ccc(-c2cccc(C3C=CC(n4c5ccccc5c5ccc(-c6ccc7c(c6)c6ccccc6n7-c6ccccc6)cc54)=CC3)n2)cc1. The molecule has 51 heavy (non-hydrogen) atoms. The molecule has 0 spiro atoms. The summed E-state index contributed by atoms with van der Waals surface area (Å²) in [5.74, 6) is -0.0873. The average Bonchev–Trinajstić information content (AvgIpc) is 3.71. The van der Waals surface area contributed by atoms with Crippen LogP contribution < -0.4 is 0 Å². The molecule has 1 unspecified atom stereocenters. The summed E-state index contributed by atoms with van der Waals surface area (Å²) in [6.45, 7) is 0. The molecule has 3 aromatic heterocycles. The second kappa shape index (κ2) is 11.8. The quantitative estimate of drug-likeness (QED) is 0.181. The van der Waals surface area contributed by atoms with Gasteiger partial charge in [-0.05, 0) is 102 Å². The monoisotopic (exact) mass is 657 g/mol. The van der Waals surface area contributed by atoms with Gasteiger partial charge in [0, 0.05) is 50.1 Å². The first kappa shape index (κ1) is 29.4. The van der Waals surface area contributed by atoms with E-state index in [0.717, 1.165) is 34.8 Å². The lowest BCUT2D eigenvalue weighted by molar-refractivity contribution is 0.628. The zero-order chi connectivity index (χ0) is 33.9. The van der Waals surface area contributed by atoms with Crippen LogP contribution in [0, 0.1) is 5.82 Å². The van der Waals surface area contributed by atoms with Crippen molar-refractivity contribution < 1.29 is 4.39 Å². The lowest BCUT2D eigenvalue weighted by Crippen LogP contribution is -2.05. The molecule has 9 aromatic rings. The number of para-hydroxylation sites is 3. The Morgan fingerprint density at radius 3 is 1.94 bits per heavy atom. The van der Waals surface area contributed by atoms with Gasteiger partial charge in [-0.15, -0.1) is 0 Å². The van der Waals surface area contributed by atoms with Crippen molar-refractivity contribution in [2.45, 2.75) is 12.3 Å². The van der Waals surface area contributed by atoms with E-state index in [1.807, 2.05) is 12.1 Å². The lowest BCUT2D eigenvalue weighted by Gasteiger charge is -2.19. The van der Waals surface area contributed by atoms with E-state index in [0.29, 0.717) is 0 Å². The van der Waals surface area contributed by atoms with E-state index in [1.54, 1.807) is 12.1 Å². The lowest BCUT2D eigenvalue weighted by atomic mass is 9.95. The molecule has 242 valence electrons. The third kappa shape index (κ3) is 4.91. The van der Waals surface area contributed by atoms with Crippen molar-refractivity contribution in [3.05, 3.63) is 187 Å². The number of rotatable bonds is 5. The first-order valence-electron chi connectivity index (χ1n) is 17.4. The van der Waals surface area contributed by atoms with Crippen LogP contribution in [-0.4, -0.2) is 14.1 Å². The maximum absolute atomic E-state index is 13.6. The van der Waals surface area contributed by atoms with Crippen LogP contribution in [0.15, 0.2) is 176 Å². The minimum absolute atomic E-state index is 0.155. The van der Waals surface area contributed by atoms with E-state index in [1.165, 1.54) is 66.9 Å². The predicted molar refractivity (Wildman–Crippen MR) is 210 cm³/mol. The Bertz CT molecular complexity index is 2840. The molecule has 0 N–H and O–H groups in total. The Balaban J connectivity index is 1.05. The number of benzene rings is 6. The van der Waals surface area contributed by atoms with E-state index in [-0.39, 0.29) is 11.7 Å². The molecular weight excluding hydrogens is 626 g/mol. The molecule has 1 aliphatic carbocycles. The van der Waals surface area contributed by atoms with E-state index in [4.69, 9.17) is 4.98 Å². The van der Waals surface area contributed by atoms with Gasteiger partial charge in [0.05, 0.1) is 27.8 Å². The van der Waals surface area contributed by atoms with Crippen LogP contribution in [-0.2, 0) is 0 Å². The third-order valence-electron chi connectivity index (χ3n) is 10.3. The van der Waals surface area contributed by atoms with Gasteiger partial charge in [0.1, 0.15) is 5.82 Å². The van der Waals surface area contributed by atoms with Crippen molar-refractivity contribution in [3.63, 3.8) is 0 Å². The second-order valence-electron chi connectivity index (χ2n) is 13.3. The van der Waals surface area contributed by atoms with Crippen molar-refractivity contribution in [2.24, 2.45) is 0 Å². The highest BCUT2D eigenvalue weighted by Crippen LogP contribution is 2.39. The van der Waals surface area contributed by atoms with Crippen LogP contribution in [0.2, 0.25) is 0 Å². The fourth-order valence-corrected chi connectivity index (χ4v) is 7.87. The number of hydrogen-bond donors (Lipinski definition) is 0. The molecule has 0 radical (unpaired) electrons. The van der Waals surface area contributed by atoms with E-state index in [9.17, 15) is 4.39 Å². The summed E-state index contributed by atoms with van der Waals surface area (Å²) >= 11 is 0. The van der Waals surface area contributed by atoms with Crippen LogP contribution in [0.5, 0.6) is 0 Å². The summed E-state index contributed by atoms with van der Waals surface area (Å²) in [6, 6.07) is 54.4. The topological polar surface area (TPSA) is 22.8 Å². The normalized spacial score (nSPS) is 14.5. The number of aromatic nitrogens is 3. The van der Waals surface area contributed by atoms with Crippen LogP contribution in [0.25, 0.3) is 77.4 Å². The van der Waals surface area contributed by atoms with Gasteiger partial charge in [0.2, 0.25) is 0 Å². The van der Waals surface area contributed by atoms with Gasteiger partial charge in [0.25, 0.3) is 0 Å². The number of halogens is 1. The molecule has 1 aliphatic rings. The van der Waals surface area contributed by atoms with Crippen molar-refractivity contribution in [1.82, 2.24) is 14.1 Å². The van der Waals surface area contributed by atoms with E-state index in [2.05, 4.69) is 149 Å². The predicted octanol–water partition coefficient (Wildman–Crippen LogP) is 12.3. The molecule has 0 amide bonds. The summed E-state index contributed by atoms with van der Waals surface area (Å²) < 4.78 is 18.3. The van der Waals surface area contributed by atoms with Gasteiger partial charge in [-0.3, -0.25) is 4.98 Å². The maximum Gasteiger partial charge on any atom is 0.123 e. The molecule has 0 saturated carbocycles. The number of pyridine rings is 1. The third-order valence-corrected chi connectivity index (χ3v) is 10.3. The minimum atomic E-state index is -0.242. The van der Waals surface area contributed by atoms with Gasteiger partial charge < -0.3 is 9.13 Å². The van der Waals surface area contributed by atoms with Crippen LogP contribution in [0.3, 0.4) is 0 Å². The Labute approximate surface area is 294 Å². The summed E-state index contributed by atoms with van der Waals surface area (Å²) in [5.41, 5.74) is 12.3. The maximum atomic E-state index is 13.6. The summed E-state index contributed by atoms with van der Waals surface area (Å²) in [4.78, 5) is 4.98. The first-order valence-corrected chi connectivity index (χ1v) is 17.4. The van der Waals surface area contributed by atoms with Gasteiger partial charge >= 0.3 is 0 Å². The van der Waals surface area contributed by atoms with E-state index >= 15 is 0 Å². The van der Waals surface area contributed by atoms with Gasteiger partial charge in [0.15, 0.2) is 0 Å². The summed E-state index contributed by atoms with van der Waals surface area (Å²) in [5, 5.41) is 4.97. The van der Waals surface area contributed by atoms with Crippen molar-refractivity contribution >= 4 is 49.3 Å². The van der Waals surface area contributed by atoms with Gasteiger partial charge in [-0.2, -0.15) is 0 Å². The number of hydrogen-bond acceptors (Lipinski definition) is 1. The molecule has 3 heterocycles.